The Morgan fingerprint density at radius 1 is 0.697 bits per heavy atom. The summed E-state index contributed by atoms with van der Waals surface area (Å²) < 4.78 is 10.6. The number of ether oxygens (including phenoxy) is 2. The molecule has 0 atom stereocenters. The monoisotopic (exact) mass is 500 g/mol. The summed E-state index contributed by atoms with van der Waals surface area (Å²) in [6.07, 6.45) is 16.7. The molecule has 0 bridgehead atoms. The summed E-state index contributed by atoms with van der Waals surface area (Å²) in [5, 5.41) is 1.12. The molecule has 0 amide bonds. The summed E-state index contributed by atoms with van der Waals surface area (Å²) in [5.74, 6) is -0.286. The van der Waals surface area contributed by atoms with Crippen molar-refractivity contribution in [3.63, 3.8) is 0 Å². The van der Waals surface area contributed by atoms with Crippen molar-refractivity contribution in [2.75, 3.05) is 6.61 Å². The summed E-state index contributed by atoms with van der Waals surface area (Å²) in [6.45, 7) is 2.94. The number of rotatable bonds is 20. The van der Waals surface area contributed by atoms with E-state index < -0.39 is 0 Å². The second-order valence-corrected chi connectivity index (χ2v) is 9.56. The van der Waals surface area contributed by atoms with E-state index in [4.69, 9.17) is 32.7 Å². The van der Waals surface area contributed by atoms with Crippen LogP contribution in [0.25, 0.3) is 0 Å². The fraction of sp³-hybridized carbons (Fsp3) is 0.704. The van der Waals surface area contributed by atoms with Crippen LogP contribution in [0.2, 0.25) is 10.0 Å². The molecule has 6 heteroatoms. The fourth-order valence-electron chi connectivity index (χ4n) is 3.62. The molecule has 0 saturated heterocycles. The minimum atomic E-state index is -0.217. The lowest BCUT2D eigenvalue weighted by molar-refractivity contribution is -0.145. The van der Waals surface area contributed by atoms with E-state index in [1.165, 1.54) is 38.5 Å². The highest BCUT2D eigenvalue weighted by molar-refractivity contribution is 6.33. The van der Waals surface area contributed by atoms with Gasteiger partial charge in [-0.2, -0.15) is 0 Å². The third-order valence-electron chi connectivity index (χ3n) is 5.67. The zero-order valence-corrected chi connectivity index (χ0v) is 21.9. The predicted molar refractivity (Wildman–Crippen MR) is 137 cm³/mol. The number of hydrogen-bond donors (Lipinski definition) is 0. The van der Waals surface area contributed by atoms with E-state index in [9.17, 15) is 9.59 Å². The van der Waals surface area contributed by atoms with Gasteiger partial charge in [0.25, 0.3) is 0 Å². The van der Waals surface area contributed by atoms with Crippen LogP contribution in [0.5, 0.6) is 0 Å². The average molecular weight is 502 g/mol. The number of carbonyl (C=O) groups is 2. The Kier molecular flexibility index (Phi) is 18.2. The van der Waals surface area contributed by atoms with Crippen molar-refractivity contribution in [3.8, 4) is 0 Å². The normalized spacial score (nSPS) is 10.9. The lowest BCUT2D eigenvalue weighted by Gasteiger charge is -2.07. The van der Waals surface area contributed by atoms with Gasteiger partial charge in [-0.05, 0) is 37.5 Å². The Morgan fingerprint density at radius 3 is 1.82 bits per heavy atom. The first-order chi connectivity index (χ1) is 16.0. The van der Waals surface area contributed by atoms with Gasteiger partial charge in [0.05, 0.1) is 6.61 Å². The smallest absolute Gasteiger partial charge is 0.306 e. The minimum Gasteiger partial charge on any atom is -0.466 e. The molecule has 0 unspecified atom stereocenters. The lowest BCUT2D eigenvalue weighted by atomic mass is 10.1. The first kappa shape index (κ1) is 29.8. The van der Waals surface area contributed by atoms with Gasteiger partial charge in [0.2, 0.25) is 0 Å². The van der Waals surface area contributed by atoms with Crippen LogP contribution in [0.4, 0.5) is 0 Å². The molecule has 1 aromatic rings. The van der Waals surface area contributed by atoms with Crippen LogP contribution in [0.1, 0.15) is 115 Å². The zero-order chi connectivity index (χ0) is 24.2. The van der Waals surface area contributed by atoms with Crippen molar-refractivity contribution in [3.05, 3.63) is 33.8 Å². The molecule has 0 aliphatic carbocycles. The summed E-state index contributed by atoms with van der Waals surface area (Å²) in [4.78, 5) is 23.6. The SMILES string of the molecule is CCCCCCCCCCOC(=O)CCCCCCCCC(=O)OCc1cc(Cl)ccc1Cl. The molecule has 0 aliphatic heterocycles. The summed E-state index contributed by atoms with van der Waals surface area (Å²) >= 11 is 12.0. The first-order valence-electron chi connectivity index (χ1n) is 12.8. The van der Waals surface area contributed by atoms with E-state index in [0.29, 0.717) is 35.1 Å². The van der Waals surface area contributed by atoms with Crippen molar-refractivity contribution in [1.29, 1.82) is 0 Å². The molecule has 0 radical (unpaired) electrons. The standard InChI is InChI=1S/C27H42Cl2O4/c1-2-3-4-5-6-9-12-15-20-32-26(30)16-13-10-7-8-11-14-17-27(31)33-22-23-21-24(28)18-19-25(23)29/h18-19,21H,2-17,20,22H2,1H3. The van der Waals surface area contributed by atoms with Gasteiger partial charge in [-0.25, -0.2) is 0 Å². The van der Waals surface area contributed by atoms with Gasteiger partial charge in [0.15, 0.2) is 0 Å². The predicted octanol–water partition coefficient (Wildman–Crippen LogP) is 8.84. The van der Waals surface area contributed by atoms with E-state index in [0.717, 1.165) is 51.4 Å². The van der Waals surface area contributed by atoms with Gasteiger partial charge in [-0.1, -0.05) is 101 Å². The molecule has 1 aromatic carbocycles. The van der Waals surface area contributed by atoms with Crippen LogP contribution in [0, 0.1) is 0 Å². The quantitative estimate of drug-likeness (QED) is 0.132. The zero-order valence-electron chi connectivity index (χ0n) is 20.3. The molecule has 0 saturated carbocycles. The molecule has 0 fully saturated rings. The van der Waals surface area contributed by atoms with Crippen LogP contribution in [0.15, 0.2) is 18.2 Å². The van der Waals surface area contributed by atoms with Crippen molar-refractivity contribution in [1.82, 2.24) is 0 Å². The van der Waals surface area contributed by atoms with Gasteiger partial charge in [-0.3, -0.25) is 9.59 Å². The topological polar surface area (TPSA) is 52.6 Å². The number of unbranched alkanes of at least 4 members (excludes halogenated alkanes) is 12. The van der Waals surface area contributed by atoms with Crippen LogP contribution in [0.3, 0.4) is 0 Å². The second-order valence-electron chi connectivity index (χ2n) is 8.71. The highest BCUT2D eigenvalue weighted by Crippen LogP contribution is 2.21. The Bertz CT molecular complexity index is 664. The lowest BCUT2D eigenvalue weighted by Crippen LogP contribution is -2.05. The molecule has 0 aliphatic rings. The molecule has 1 rings (SSSR count). The number of carbonyl (C=O) groups excluding carboxylic acids is 2. The summed E-state index contributed by atoms with van der Waals surface area (Å²) in [5.41, 5.74) is 0.717. The second kappa shape index (κ2) is 20.1. The van der Waals surface area contributed by atoms with Gasteiger partial charge < -0.3 is 9.47 Å². The van der Waals surface area contributed by atoms with Crippen LogP contribution in [-0.2, 0) is 25.7 Å². The first-order valence-corrected chi connectivity index (χ1v) is 13.5. The van der Waals surface area contributed by atoms with Gasteiger partial charge in [-0.15, -0.1) is 0 Å². The Morgan fingerprint density at radius 2 is 1.21 bits per heavy atom. The summed E-state index contributed by atoms with van der Waals surface area (Å²) in [7, 11) is 0. The van der Waals surface area contributed by atoms with Gasteiger partial charge >= 0.3 is 11.9 Å². The molecular formula is C27H42Cl2O4. The Labute approximate surface area is 210 Å². The van der Waals surface area contributed by atoms with E-state index in [1.807, 2.05) is 0 Å². The van der Waals surface area contributed by atoms with Crippen LogP contribution >= 0.6 is 23.2 Å². The summed E-state index contributed by atoms with van der Waals surface area (Å²) in [6, 6.07) is 5.11. The van der Waals surface area contributed by atoms with Crippen molar-refractivity contribution >= 4 is 35.1 Å². The Hall–Kier alpha value is -1.26. The number of hydrogen-bond acceptors (Lipinski definition) is 4. The minimum absolute atomic E-state index is 0.0690. The van der Waals surface area contributed by atoms with E-state index in [1.54, 1.807) is 18.2 Å². The maximum atomic E-state index is 11.9. The molecular weight excluding hydrogens is 459 g/mol. The number of halogens is 2. The van der Waals surface area contributed by atoms with Gasteiger partial charge in [0.1, 0.15) is 6.61 Å². The number of esters is 2. The largest absolute Gasteiger partial charge is 0.466 e. The van der Waals surface area contributed by atoms with Crippen molar-refractivity contribution in [2.24, 2.45) is 0 Å². The molecule has 188 valence electrons. The molecule has 0 N–H and O–H groups in total. The highest BCUT2D eigenvalue weighted by atomic mass is 35.5. The number of benzene rings is 1. The molecule has 0 spiro atoms. The van der Waals surface area contributed by atoms with E-state index >= 15 is 0 Å². The third kappa shape index (κ3) is 16.9. The molecule has 0 aromatic heterocycles. The van der Waals surface area contributed by atoms with Crippen molar-refractivity contribution < 1.29 is 19.1 Å². The fourth-order valence-corrected chi connectivity index (χ4v) is 3.99. The molecule has 4 nitrogen and oxygen atoms in total. The van der Waals surface area contributed by atoms with Crippen LogP contribution in [-0.4, -0.2) is 18.5 Å². The highest BCUT2D eigenvalue weighted by Gasteiger charge is 2.07. The van der Waals surface area contributed by atoms with Crippen molar-refractivity contribution in [2.45, 2.75) is 116 Å². The average Bonchev–Trinajstić information content (AvgIpc) is 2.80. The Balaban J connectivity index is 1.88. The molecule has 33 heavy (non-hydrogen) atoms. The molecule has 0 heterocycles. The van der Waals surface area contributed by atoms with E-state index in [-0.39, 0.29) is 18.5 Å². The maximum Gasteiger partial charge on any atom is 0.306 e. The van der Waals surface area contributed by atoms with Crippen LogP contribution < -0.4 is 0 Å². The third-order valence-corrected chi connectivity index (χ3v) is 6.27. The van der Waals surface area contributed by atoms with Gasteiger partial charge in [0, 0.05) is 28.5 Å². The maximum absolute atomic E-state index is 11.9. The van der Waals surface area contributed by atoms with E-state index in [2.05, 4.69) is 6.92 Å².